The fraction of sp³-hybridized carbons (Fsp3) is 0.357. The summed E-state index contributed by atoms with van der Waals surface area (Å²) < 4.78 is 0. The normalized spacial score (nSPS) is 9.55. The maximum absolute atomic E-state index is 5.59. The van der Waals surface area contributed by atoms with Crippen LogP contribution in [-0.2, 0) is 26.2 Å². The molecule has 0 aliphatic carbocycles. The van der Waals surface area contributed by atoms with Gasteiger partial charge in [-0.15, -0.1) is 59.3 Å². The van der Waals surface area contributed by atoms with Gasteiger partial charge in [0.2, 0.25) is 0 Å². The molecule has 0 heterocycles. The molecule has 2 radical (unpaired) electrons. The minimum atomic E-state index is 0. The molecule has 0 bridgehead atoms. The van der Waals surface area contributed by atoms with Crippen molar-refractivity contribution in [2.75, 3.05) is 28.2 Å². The summed E-state index contributed by atoms with van der Waals surface area (Å²) in [4.78, 5) is 1.83. The Morgan fingerprint density at radius 3 is 1.18 bits per heavy atom. The molecule has 0 saturated heterocycles. The van der Waals surface area contributed by atoms with Gasteiger partial charge < -0.3 is 15.4 Å². The van der Waals surface area contributed by atoms with Crippen molar-refractivity contribution in [1.82, 2.24) is 4.81 Å². The first kappa shape index (κ1) is 33.7. The molecule has 0 saturated carbocycles. The van der Waals surface area contributed by atoms with Crippen LogP contribution in [0.1, 0.15) is 27.7 Å². The average molecular weight is 521 g/mol. The van der Waals surface area contributed by atoms with Crippen LogP contribution in [0.25, 0.3) is 32.2 Å². The van der Waals surface area contributed by atoms with Crippen molar-refractivity contribution >= 4 is 29.5 Å². The van der Waals surface area contributed by atoms with E-state index in [4.69, 9.17) is 7.98 Å². The summed E-state index contributed by atoms with van der Waals surface area (Å²) in [6.45, 7) is 8.33. The van der Waals surface area contributed by atoms with Gasteiger partial charge in [0.25, 0.3) is 0 Å². The molecule has 0 aromatic heterocycles. The van der Waals surface area contributed by atoms with Crippen LogP contribution in [0.2, 0.25) is 0 Å². The van der Waals surface area contributed by atoms with E-state index in [9.17, 15) is 0 Å². The molecule has 4 rings (SSSR count). The molecule has 0 amide bonds. The van der Waals surface area contributed by atoms with Crippen molar-refractivity contribution in [3.8, 4) is 0 Å². The Morgan fingerprint density at radius 1 is 0.636 bits per heavy atom. The number of nitrogens with zero attached hydrogens (tertiary/aromatic N) is 3. The number of benzene rings is 2. The average Bonchev–Trinajstić information content (AvgIpc) is 3.44. The van der Waals surface area contributed by atoms with Gasteiger partial charge in [-0.25, -0.2) is 0 Å². The van der Waals surface area contributed by atoms with Crippen molar-refractivity contribution in [1.29, 1.82) is 0 Å². The molecular weight excluding hydrogens is 480 g/mol. The van der Waals surface area contributed by atoms with Crippen LogP contribution < -0.4 is 0 Å². The minimum absolute atomic E-state index is 0. The molecule has 174 valence electrons. The van der Waals surface area contributed by atoms with Crippen LogP contribution in [0, 0.1) is 0 Å². The summed E-state index contributed by atoms with van der Waals surface area (Å²) in [7, 11) is 12.6. The Labute approximate surface area is 223 Å². The summed E-state index contributed by atoms with van der Waals surface area (Å²) in [5, 5.41) is 12.3. The molecule has 0 N–H and O–H groups in total. The Morgan fingerprint density at radius 2 is 0.939 bits per heavy atom. The van der Waals surface area contributed by atoms with E-state index >= 15 is 0 Å². The van der Waals surface area contributed by atoms with E-state index < -0.39 is 0 Å². The Balaban J connectivity index is 0. The molecule has 0 aliphatic rings. The topological polar surface area (TPSA) is 31.4 Å². The van der Waals surface area contributed by atoms with Crippen LogP contribution in [0.15, 0.2) is 84.9 Å². The monoisotopic (exact) mass is 519 g/mol. The Kier molecular flexibility index (Phi) is 21.5. The quantitative estimate of drug-likeness (QED) is 0.198. The molecule has 5 heteroatoms. The van der Waals surface area contributed by atoms with Crippen LogP contribution in [-0.4, -0.2) is 53.1 Å². The second kappa shape index (κ2) is 21.1. The van der Waals surface area contributed by atoms with E-state index in [1.807, 2.05) is 4.81 Å². The third-order valence-corrected chi connectivity index (χ3v) is 4.29. The van der Waals surface area contributed by atoms with Crippen molar-refractivity contribution < 1.29 is 26.2 Å². The second-order valence-corrected chi connectivity index (χ2v) is 7.84. The number of hydrogen-bond acceptors (Lipinski definition) is 1. The third kappa shape index (κ3) is 15.1. The minimum Gasteiger partial charge on any atom is -0.668 e. The van der Waals surface area contributed by atoms with Gasteiger partial charge in [-0.3, -0.25) is 0 Å². The smallest absolute Gasteiger partial charge is 0.668 e. The van der Waals surface area contributed by atoms with Gasteiger partial charge in [-0.1, -0.05) is 39.8 Å². The zero-order chi connectivity index (χ0) is 24.4. The molecule has 0 fully saturated rings. The zero-order valence-corrected chi connectivity index (χ0v) is 24.1. The summed E-state index contributed by atoms with van der Waals surface area (Å²) in [6, 6.07) is 30.2. The summed E-state index contributed by atoms with van der Waals surface area (Å²) in [6.07, 6.45) is 0. The summed E-state index contributed by atoms with van der Waals surface area (Å²) in [5.41, 5.74) is 0. The van der Waals surface area contributed by atoms with E-state index in [-0.39, 0.29) is 26.2 Å². The maximum Gasteiger partial charge on any atom is 4.00 e. The largest absolute Gasteiger partial charge is 4.00 e. The summed E-state index contributed by atoms with van der Waals surface area (Å²) in [5.74, 6) is 0. The predicted molar refractivity (Wildman–Crippen MR) is 147 cm³/mol. The van der Waals surface area contributed by atoms with Crippen molar-refractivity contribution in [2.45, 2.75) is 39.8 Å². The van der Waals surface area contributed by atoms with E-state index in [1.165, 1.54) is 21.5 Å². The van der Waals surface area contributed by atoms with E-state index in [2.05, 4.69) is 123 Å². The van der Waals surface area contributed by atoms with Gasteiger partial charge in [-0.2, -0.15) is 63.2 Å². The van der Waals surface area contributed by atoms with Crippen molar-refractivity contribution in [3.05, 3.63) is 95.6 Å². The van der Waals surface area contributed by atoms with Crippen molar-refractivity contribution in [2.24, 2.45) is 0 Å². The van der Waals surface area contributed by atoms with Crippen molar-refractivity contribution in [3.63, 3.8) is 0 Å². The number of fused-ring (bicyclic) bond motifs is 2. The second-order valence-electron chi connectivity index (χ2n) is 7.84. The molecule has 0 unspecified atom stereocenters. The van der Waals surface area contributed by atoms with Crippen LogP contribution >= 0.6 is 0 Å². The third-order valence-electron chi connectivity index (χ3n) is 4.29. The molecule has 0 aliphatic heterocycles. The first-order chi connectivity index (χ1) is 15.3. The molecule has 4 aromatic carbocycles. The molecular formula is C28H40BN3Zr. The van der Waals surface area contributed by atoms with Gasteiger partial charge in [0, 0.05) is 0 Å². The molecule has 3 nitrogen and oxygen atoms in total. The SMILES string of the molecule is C[N-]C.C[N-]C.[B]N(C(C)C)C(C)C.[Zr+4].c1ccc2[cH-]ccc2c1.c1ccc2[cH-]ccc2c1. The Hall–Kier alpha value is -1.51. The molecule has 0 atom stereocenters. The standard InChI is InChI=1S/2C9H7.C6H14BN.2C2H6N.Zr/c2*1-2-5-9-7-3-6-8(9)4-1;1-5(2)8(7)6(3)4;2*1-3-2;/h2*1-7H;5-6H,1-4H3;2*1-2H3;/q2*-1;;2*-1;+4. The fourth-order valence-corrected chi connectivity index (χ4v) is 2.74. The number of rotatable bonds is 2. The molecule has 33 heavy (non-hydrogen) atoms. The van der Waals surface area contributed by atoms with Crippen LogP contribution in [0.4, 0.5) is 0 Å². The number of hydrogen-bond donors (Lipinski definition) is 0. The Bertz CT molecular complexity index is 794. The van der Waals surface area contributed by atoms with Gasteiger partial charge in [0.05, 0.1) is 0 Å². The molecule has 4 aromatic rings. The van der Waals surface area contributed by atoms with E-state index in [1.54, 1.807) is 28.2 Å². The predicted octanol–water partition coefficient (Wildman–Crippen LogP) is 7.54. The van der Waals surface area contributed by atoms with E-state index in [0.29, 0.717) is 12.1 Å². The van der Waals surface area contributed by atoms with Gasteiger partial charge in [0.1, 0.15) is 0 Å². The fourth-order valence-electron chi connectivity index (χ4n) is 2.74. The first-order valence-electron chi connectivity index (χ1n) is 11.0. The maximum atomic E-state index is 5.59. The van der Waals surface area contributed by atoms with Gasteiger partial charge >= 0.3 is 26.2 Å². The van der Waals surface area contributed by atoms with Crippen LogP contribution in [0.3, 0.4) is 0 Å². The van der Waals surface area contributed by atoms with Gasteiger partial charge in [-0.05, 0) is 12.1 Å². The van der Waals surface area contributed by atoms with Gasteiger partial charge in [0.15, 0.2) is 7.98 Å². The first-order valence-corrected chi connectivity index (χ1v) is 11.0. The van der Waals surface area contributed by atoms with E-state index in [0.717, 1.165) is 0 Å². The van der Waals surface area contributed by atoms with Crippen LogP contribution in [0.5, 0.6) is 0 Å². The summed E-state index contributed by atoms with van der Waals surface area (Å²) >= 11 is 0. The zero-order valence-electron chi connectivity index (χ0n) is 21.7. The molecule has 0 spiro atoms.